The number of benzene rings is 1. The maximum Gasteiger partial charge on any atom is 0.321 e. The second-order valence-electron chi connectivity index (χ2n) is 6.88. The summed E-state index contributed by atoms with van der Waals surface area (Å²) in [6.07, 6.45) is 1.91. The first kappa shape index (κ1) is 17.3. The fourth-order valence-electron chi connectivity index (χ4n) is 3.61. The van der Waals surface area contributed by atoms with Gasteiger partial charge >= 0.3 is 12.0 Å². The number of anilines is 2. The van der Waals surface area contributed by atoms with Crippen LogP contribution < -0.4 is 10.2 Å². The zero-order valence-corrected chi connectivity index (χ0v) is 14.3. The van der Waals surface area contributed by atoms with E-state index in [0.717, 1.165) is 6.42 Å². The van der Waals surface area contributed by atoms with Crippen LogP contribution >= 0.6 is 0 Å². The van der Waals surface area contributed by atoms with Crippen LogP contribution in [0.2, 0.25) is 0 Å². The molecule has 7 heteroatoms. The Morgan fingerprint density at radius 2 is 2.00 bits per heavy atom. The highest BCUT2D eigenvalue weighted by molar-refractivity contribution is 6.01. The fraction of sp³-hybridized carbons (Fsp3) is 0.500. The Balaban J connectivity index is 1.75. The molecule has 2 saturated heterocycles. The topological polar surface area (TPSA) is 89.9 Å². The van der Waals surface area contributed by atoms with E-state index in [0.29, 0.717) is 37.3 Å². The number of urea groups is 1. The molecule has 2 atom stereocenters. The van der Waals surface area contributed by atoms with Crippen molar-refractivity contribution < 1.29 is 19.5 Å². The van der Waals surface area contributed by atoms with Gasteiger partial charge in [0, 0.05) is 26.1 Å². The molecular formula is C18H23N3O4. The molecule has 0 saturated carbocycles. The number of likely N-dealkylation sites (tertiary alicyclic amines) is 1. The highest BCUT2D eigenvalue weighted by Gasteiger charge is 2.32. The van der Waals surface area contributed by atoms with Gasteiger partial charge in [-0.15, -0.1) is 0 Å². The highest BCUT2D eigenvalue weighted by Crippen LogP contribution is 2.30. The lowest BCUT2D eigenvalue weighted by atomic mass is 9.91. The average Bonchev–Trinajstić information content (AvgIpc) is 3.00. The number of carboxylic acids is 1. The number of piperidine rings is 1. The number of nitrogens with zero attached hydrogens (tertiary/aromatic N) is 2. The Morgan fingerprint density at radius 3 is 2.68 bits per heavy atom. The molecule has 1 aromatic carbocycles. The van der Waals surface area contributed by atoms with E-state index in [9.17, 15) is 19.5 Å². The fourth-order valence-corrected chi connectivity index (χ4v) is 3.61. The summed E-state index contributed by atoms with van der Waals surface area (Å²) >= 11 is 0. The Morgan fingerprint density at radius 1 is 1.24 bits per heavy atom. The SMILES string of the molecule is CC1CC(C(=O)O)CN(C(=O)Nc2ccccc2N2CCCC2=O)C1. The third kappa shape index (κ3) is 3.75. The maximum absolute atomic E-state index is 12.6. The minimum absolute atomic E-state index is 0.0548. The van der Waals surface area contributed by atoms with E-state index >= 15 is 0 Å². The number of para-hydroxylation sites is 2. The van der Waals surface area contributed by atoms with E-state index < -0.39 is 11.9 Å². The first-order chi connectivity index (χ1) is 12.0. The molecule has 0 radical (unpaired) electrons. The summed E-state index contributed by atoms with van der Waals surface area (Å²) in [4.78, 5) is 39.2. The highest BCUT2D eigenvalue weighted by atomic mass is 16.4. The van der Waals surface area contributed by atoms with Gasteiger partial charge in [0.1, 0.15) is 0 Å². The molecule has 2 fully saturated rings. The van der Waals surface area contributed by atoms with Crippen LogP contribution in [-0.2, 0) is 9.59 Å². The molecule has 25 heavy (non-hydrogen) atoms. The maximum atomic E-state index is 12.6. The van der Waals surface area contributed by atoms with E-state index in [1.807, 2.05) is 19.1 Å². The predicted molar refractivity (Wildman–Crippen MR) is 93.5 cm³/mol. The number of rotatable bonds is 3. The standard InChI is InChI=1S/C18H23N3O4/c1-12-9-13(17(23)24)11-20(10-12)18(25)19-14-5-2-3-6-15(14)21-8-4-7-16(21)22/h2-3,5-6,12-13H,4,7-11H2,1H3,(H,19,25)(H,23,24). The summed E-state index contributed by atoms with van der Waals surface area (Å²) in [5.74, 6) is -1.22. The van der Waals surface area contributed by atoms with Crippen molar-refractivity contribution in [2.75, 3.05) is 29.9 Å². The number of nitrogens with one attached hydrogen (secondary N) is 1. The van der Waals surface area contributed by atoms with E-state index in [1.54, 1.807) is 21.9 Å². The molecule has 0 spiro atoms. The Kier molecular flexibility index (Phi) is 4.92. The molecule has 134 valence electrons. The molecule has 1 aromatic rings. The van der Waals surface area contributed by atoms with E-state index in [-0.39, 0.29) is 24.4 Å². The lowest BCUT2D eigenvalue weighted by Crippen LogP contribution is -2.47. The molecule has 0 bridgehead atoms. The van der Waals surface area contributed by atoms with Crippen molar-refractivity contribution in [1.82, 2.24) is 4.90 Å². The molecule has 0 aromatic heterocycles. The summed E-state index contributed by atoms with van der Waals surface area (Å²) in [7, 11) is 0. The largest absolute Gasteiger partial charge is 0.481 e. The van der Waals surface area contributed by atoms with Crippen molar-refractivity contribution in [1.29, 1.82) is 0 Å². The van der Waals surface area contributed by atoms with Crippen LogP contribution in [0.25, 0.3) is 0 Å². The van der Waals surface area contributed by atoms with Crippen LogP contribution in [0.1, 0.15) is 26.2 Å². The van der Waals surface area contributed by atoms with Crippen LogP contribution in [0.4, 0.5) is 16.2 Å². The Bertz CT molecular complexity index is 691. The van der Waals surface area contributed by atoms with Gasteiger partial charge in [-0.2, -0.15) is 0 Å². The monoisotopic (exact) mass is 345 g/mol. The summed E-state index contributed by atoms with van der Waals surface area (Å²) < 4.78 is 0. The van der Waals surface area contributed by atoms with Gasteiger partial charge in [0.2, 0.25) is 5.91 Å². The van der Waals surface area contributed by atoms with Crippen molar-refractivity contribution >= 4 is 29.3 Å². The first-order valence-corrected chi connectivity index (χ1v) is 8.64. The smallest absolute Gasteiger partial charge is 0.321 e. The van der Waals surface area contributed by atoms with Crippen LogP contribution in [-0.4, -0.2) is 47.5 Å². The molecule has 2 aliphatic rings. The minimum atomic E-state index is -0.868. The van der Waals surface area contributed by atoms with Crippen molar-refractivity contribution in [3.8, 4) is 0 Å². The van der Waals surface area contributed by atoms with Gasteiger partial charge in [-0.25, -0.2) is 4.79 Å². The summed E-state index contributed by atoms with van der Waals surface area (Å²) in [6.45, 7) is 3.33. The molecule has 3 rings (SSSR count). The van der Waals surface area contributed by atoms with Crippen LogP contribution in [0, 0.1) is 11.8 Å². The second kappa shape index (κ2) is 7.13. The Hall–Kier alpha value is -2.57. The molecule has 7 nitrogen and oxygen atoms in total. The number of carboxylic acid groups (broad SMARTS) is 1. The van der Waals surface area contributed by atoms with Crippen molar-refractivity contribution in [2.45, 2.75) is 26.2 Å². The van der Waals surface area contributed by atoms with Gasteiger partial charge in [0.05, 0.1) is 17.3 Å². The van der Waals surface area contributed by atoms with Crippen molar-refractivity contribution in [3.63, 3.8) is 0 Å². The van der Waals surface area contributed by atoms with Gasteiger partial charge in [-0.05, 0) is 30.9 Å². The van der Waals surface area contributed by atoms with Gasteiger partial charge in [0.15, 0.2) is 0 Å². The van der Waals surface area contributed by atoms with E-state index in [4.69, 9.17) is 0 Å². The summed E-state index contributed by atoms with van der Waals surface area (Å²) in [6, 6.07) is 6.90. The summed E-state index contributed by atoms with van der Waals surface area (Å²) in [5.41, 5.74) is 1.27. The molecule has 2 aliphatic heterocycles. The zero-order valence-electron chi connectivity index (χ0n) is 14.3. The molecule has 2 unspecified atom stereocenters. The third-order valence-corrected chi connectivity index (χ3v) is 4.81. The molecule has 2 N–H and O–H groups in total. The molecule has 0 aliphatic carbocycles. The number of aliphatic carboxylic acids is 1. The van der Waals surface area contributed by atoms with Gasteiger partial charge in [-0.1, -0.05) is 19.1 Å². The first-order valence-electron chi connectivity index (χ1n) is 8.64. The number of amides is 3. The van der Waals surface area contributed by atoms with E-state index in [2.05, 4.69) is 5.32 Å². The number of carbonyl (C=O) groups is 3. The van der Waals surface area contributed by atoms with E-state index in [1.165, 1.54) is 0 Å². The van der Waals surface area contributed by atoms with Crippen molar-refractivity contribution in [2.24, 2.45) is 11.8 Å². The summed E-state index contributed by atoms with van der Waals surface area (Å²) in [5, 5.41) is 12.1. The second-order valence-corrected chi connectivity index (χ2v) is 6.88. The Labute approximate surface area is 146 Å². The van der Waals surface area contributed by atoms with Gasteiger partial charge in [0.25, 0.3) is 0 Å². The van der Waals surface area contributed by atoms with Crippen molar-refractivity contribution in [3.05, 3.63) is 24.3 Å². The van der Waals surface area contributed by atoms with Crippen LogP contribution in [0.3, 0.4) is 0 Å². The predicted octanol–water partition coefficient (Wildman–Crippen LogP) is 2.39. The average molecular weight is 345 g/mol. The van der Waals surface area contributed by atoms with Gasteiger partial charge in [-0.3, -0.25) is 9.59 Å². The molecular weight excluding hydrogens is 322 g/mol. The van der Waals surface area contributed by atoms with Crippen LogP contribution in [0.15, 0.2) is 24.3 Å². The number of hydrogen-bond acceptors (Lipinski definition) is 3. The zero-order chi connectivity index (χ0) is 18.0. The number of hydrogen-bond donors (Lipinski definition) is 2. The van der Waals surface area contributed by atoms with Gasteiger partial charge < -0.3 is 20.2 Å². The quantitative estimate of drug-likeness (QED) is 0.880. The molecule has 2 heterocycles. The minimum Gasteiger partial charge on any atom is -0.481 e. The molecule has 3 amide bonds. The lowest BCUT2D eigenvalue weighted by Gasteiger charge is -2.34. The normalized spacial score (nSPS) is 23.6. The number of carbonyl (C=O) groups excluding carboxylic acids is 2. The van der Waals surface area contributed by atoms with Crippen LogP contribution in [0.5, 0.6) is 0 Å². The third-order valence-electron chi connectivity index (χ3n) is 4.81. The lowest BCUT2D eigenvalue weighted by molar-refractivity contribution is -0.143.